The predicted molar refractivity (Wildman–Crippen MR) is 90.3 cm³/mol. The molecule has 0 N–H and O–H groups in total. The zero-order valence-corrected chi connectivity index (χ0v) is 13.3. The van der Waals surface area contributed by atoms with Crippen LogP contribution < -0.4 is 0 Å². The van der Waals surface area contributed by atoms with Crippen molar-refractivity contribution in [2.75, 3.05) is 13.6 Å². The normalized spacial score (nSPS) is 15.2. The van der Waals surface area contributed by atoms with Crippen LogP contribution in [0, 0.1) is 0 Å². The van der Waals surface area contributed by atoms with E-state index in [0.717, 1.165) is 31.1 Å². The molecule has 3 nitrogen and oxygen atoms in total. The van der Waals surface area contributed by atoms with Crippen molar-refractivity contribution in [3.8, 4) is 0 Å². The molecule has 0 amide bonds. The third kappa shape index (κ3) is 2.31. The van der Waals surface area contributed by atoms with Crippen LogP contribution in [-0.4, -0.2) is 28.0 Å². The summed E-state index contributed by atoms with van der Waals surface area (Å²) in [5.41, 5.74) is 5.37. The van der Waals surface area contributed by atoms with Gasteiger partial charge in [-0.2, -0.15) is 0 Å². The van der Waals surface area contributed by atoms with Crippen LogP contribution in [0.1, 0.15) is 16.8 Å². The topological polar surface area (TPSA) is 21.1 Å². The Morgan fingerprint density at radius 3 is 3.00 bits per heavy atom. The summed E-state index contributed by atoms with van der Waals surface area (Å²) in [4.78, 5) is 6.61. The molecular formula is C18H18ClN3. The lowest BCUT2D eigenvalue weighted by Gasteiger charge is -2.24. The molecule has 0 radical (unpaired) electrons. The highest BCUT2D eigenvalue weighted by atomic mass is 35.5. The van der Waals surface area contributed by atoms with Gasteiger partial charge in [-0.15, -0.1) is 0 Å². The zero-order valence-electron chi connectivity index (χ0n) is 12.6. The van der Waals surface area contributed by atoms with Crippen LogP contribution >= 0.6 is 11.6 Å². The lowest BCUT2D eigenvalue weighted by atomic mass is 10.1. The molecule has 0 saturated carbocycles. The smallest absolute Gasteiger partial charge is 0.0494 e. The number of nitrogens with zero attached hydrogens (tertiary/aromatic N) is 3. The van der Waals surface area contributed by atoms with E-state index in [1.807, 2.05) is 24.5 Å². The molecule has 0 unspecified atom stereocenters. The van der Waals surface area contributed by atoms with Gasteiger partial charge in [0.05, 0.1) is 0 Å². The Labute approximate surface area is 135 Å². The molecule has 0 bridgehead atoms. The van der Waals surface area contributed by atoms with Gasteiger partial charge < -0.3 is 9.47 Å². The number of aromatic nitrogens is 2. The quantitative estimate of drug-likeness (QED) is 0.719. The van der Waals surface area contributed by atoms with E-state index in [4.69, 9.17) is 11.6 Å². The molecule has 0 aliphatic carbocycles. The maximum absolute atomic E-state index is 6.23. The van der Waals surface area contributed by atoms with Gasteiger partial charge in [0.25, 0.3) is 0 Å². The van der Waals surface area contributed by atoms with E-state index < -0.39 is 0 Å². The number of pyridine rings is 1. The Morgan fingerprint density at radius 1 is 1.27 bits per heavy atom. The summed E-state index contributed by atoms with van der Waals surface area (Å²) in [6.07, 6.45) is 4.85. The average Bonchev–Trinajstić information content (AvgIpc) is 2.81. The molecule has 3 heterocycles. The summed E-state index contributed by atoms with van der Waals surface area (Å²) in [5, 5.41) is 2.10. The highest BCUT2D eigenvalue weighted by molar-refractivity contribution is 6.31. The van der Waals surface area contributed by atoms with Gasteiger partial charge in [-0.1, -0.05) is 17.7 Å². The van der Waals surface area contributed by atoms with E-state index in [0.29, 0.717) is 0 Å². The van der Waals surface area contributed by atoms with Gasteiger partial charge in [0.15, 0.2) is 0 Å². The van der Waals surface area contributed by atoms with E-state index in [1.165, 1.54) is 27.7 Å². The number of fused-ring (bicyclic) bond motifs is 3. The number of benzene rings is 1. The summed E-state index contributed by atoms with van der Waals surface area (Å²) in [7, 11) is 2.18. The second-order valence-electron chi connectivity index (χ2n) is 6.02. The minimum atomic E-state index is 0.807. The largest absolute Gasteiger partial charge is 0.340 e. The van der Waals surface area contributed by atoms with E-state index in [9.17, 15) is 0 Å². The summed E-state index contributed by atoms with van der Waals surface area (Å²) in [5.74, 6) is 0. The van der Waals surface area contributed by atoms with Crippen molar-refractivity contribution >= 4 is 22.5 Å². The SMILES string of the molecule is CN1CCc2c(c3cc(Cl)ccc3n2Cc2cccnc2)C1. The number of rotatable bonds is 2. The Kier molecular flexibility index (Phi) is 3.40. The summed E-state index contributed by atoms with van der Waals surface area (Å²) in [6, 6.07) is 10.4. The molecule has 1 aliphatic rings. The van der Waals surface area contributed by atoms with Crippen LogP contribution in [0.25, 0.3) is 10.9 Å². The van der Waals surface area contributed by atoms with Crippen LogP contribution in [0.3, 0.4) is 0 Å². The molecule has 112 valence electrons. The minimum Gasteiger partial charge on any atom is -0.340 e. The highest BCUT2D eigenvalue weighted by Crippen LogP contribution is 2.32. The molecule has 0 saturated heterocycles. The van der Waals surface area contributed by atoms with E-state index in [2.05, 4.69) is 39.7 Å². The van der Waals surface area contributed by atoms with Crippen molar-refractivity contribution < 1.29 is 0 Å². The Balaban J connectivity index is 1.90. The van der Waals surface area contributed by atoms with Crippen LogP contribution in [0.15, 0.2) is 42.7 Å². The van der Waals surface area contributed by atoms with Gasteiger partial charge in [-0.25, -0.2) is 0 Å². The first-order valence-electron chi connectivity index (χ1n) is 7.59. The molecule has 1 aliphatic heterocycles. The molecule has 4 rings (SSSR count). The van der Waals surface area contributed by atoms with Gasteiger partial charge in [0, 0.05) is 60.1 Å². The summed E-state index contributed by atoms with van der Waals surface area (Å²) >= 11 is 6.23. The highest BCUT2D eigenvalue weighted by Gasteiger charge is 2.22. The second-order valence-corrected chi connectivity index (χ2v) is 6.46. The van der Waals surface area contributed by atoms with E-state index in [-0.39, 0.29) is 0 Å². The number of halogens is 1. The summed E-state index contributed by atoms with van der Waals surface area (Å²) in [6.45, 7) is 2.96. The van der Waals surface area contributed by atoms with Gasteiger partial charge in [-0.3, -0.25) is 4.98 Å². The molecule has 2 aromatic heterocycles. The third-order valence-corrected chi connectivity index (χ3v) is 4.71. The molecule has 4 heteroatoms. The monoisotopic (exact) mass is 311 g/mol. The molecule has 1 aromatic carbocycles. The molecule has 0 fully saturated rings. The van der Waals surface area contributed by atoms with Crippen LogP contribution in [-0.2, 0) is 19.5 Å². The van der Waals surface area contributed by atoms with Gasteiger partial charge in [0.1, 0.15) is 0 Å². The lowest BCUT2D eigenvalue weighted by molar-refractivity contribution is 0.310. The second kappa shape index (κ2) is 5.41. The van der Waals surface area contributed by atoms with E-state index in [1.54, 1.807) is 0 Å². The number of likely N-dealkylation sites (N-methyl/N-ethyl adjacent to an activating group) is 1. The van der Waals surface area contributed by atoms with Gasteiger partial charge in [0.2, 0.25) is 0 Å². The van der Waals surface area contributed by atoms with Gasteiger partial charge in [-0.05, 0) is 42.4 Å². The molecule has 3 aromatic rings. The molecule has 22 heavy (non-hydrogen) atoms. The van der Waals surface area contributed by atoms with Crippen molar-refractivity contribution in [2.24, 2.45) is 0 Å². The first kappa shape index (κ1) is 13.8. The van der Waals surface area contributed by atoms with Crippen molar-refractivity contribution in [3.05, 3.63) is 64.6 Å². The Morgan fingerprint density at radius 2 is 2.18 bits per heavy atom. The fourth-order valence-corrected chi connectivity index (χ4v) is 3.58. The Hall–Kier alpha value is -1.84. The average molecular weight is 312 g/mol. The van der Waals surface area contributed by atoms with Crippen LogP contribution in [0.5, 0.6) is 0 Å². The van der Waals surface area contributed by atoms with Crippen molar-refractivity contribution in [2.45, 2.75) is 19.5 Å². The number of hydrogen-bond acceptors (Lipinski definition) is 2. The third-order valence-electron chi connectivity index (χ3n) is 4.47. The van der Waals surface area contributed by atoms with Crippen molar-refractivity contribution in [1.82, 2.24) is 14.5 Å². The zero-order chi connectivity index (χ0) is 15.1. The van der Waals surface area contributed by atoms with Gasteiger partial charge >= 0.3 is 0 Å². The Bertz CT molecular complexity index is 823. The molecular weight excluding hydrogens is 294 g/mol. The van der Waals surface area contributed by atoms with Crippen LogP contribution in [0.4, 0.5) is 0 Å². The molecule has 0 atom stereocenters. The van der Waals surface area contributed by atoms with E-state index >= 15 is 0 Å². The first-order valence-corrected chi connectivity index (χ1v) is 7.97. The lowest BCUT2D eigenvalue weighted by Crippen LogP contribution is -2.27. The summed E-state index contributed by atoms with van der Waals surface area (Å²) < 4.78 is 2.44. The number of hydrogen-bond donors (Lipinski definition) is 0. The fourth-order valence-electron chi connectivity index (χ4n) is 3.41. The van der Waals surface area contributed by atoms with Crippen molar-refractivity contribution in [1.29, 1.82) is 0 Å². The predicted octanol–water partition coefficient (Wildman–Crippen LogP) is 3.73. The first-order chi connectivity index (χ1) is 10.7. The maximum atomic E-state index is 6.23. The standard InChI is InChI=1S/C18H18ClN3/c1-21-8-6-18-16(12-21)15-9-14(19)4-5-17(15)22(18)11-13-3-2-7-20-10-13/h2-5,7,9-10H,6,8,11-12H2,1H3. The maximum Gasteiger partial charge on any atom is 0.0494 e. The minimum absolute atomic E-state index is 0.807. The fraction of sp³-hybridized carbons (Fsp3) is 0.278. The van der Waals surface area contributed by atoms with Crippen LogP contribution in [0.2, 0.25) is 5.02 Å². The van der Waals surface area contributed by atoms with Crippen molar-refractivity contribution in [3.63, 3.8) is 0 Å². The molecule has 0 spiro atoms.